The average molecular weight is 383 g/mol. The highest BCUT2D eigenvalue weighted by Gasteiger charge is 2.41. The van der Waals surface area contributed by atoms with E-state index in [-0.39, 0.29) is 11.9 Å². The van der Waals surface area contributed by atoms with Gasteiger partial charge in [0, 0.05) is 19.1 Å². The van der Waals surface area contributed by atoms with E-state index < -0.39 is 17.7 Å². The summed E-state index contributed by atoms with van der Waals surface area (Å²) in [5.74, 6) is -0.0270. The molecule has 0 bridgehead atoms. The number of benzene rings is 1. The molecule has 1 aromatic carbocycles. The molecule has 1 atom stereocenters. The number of carbonyl (C=O) groups excluding carboxylic acids is 2. The van der Waals surface area contributed by atoms with Crippen LogP contribution in [0.3, 0.4) is 0 Å². The van der Waals surface area contributed by atoms with Crippen molar-refractivity contribution in [2.45, 2.75) is 77.1 Å². The van der Waals surface area contributed by atoms with E-state index in [2.05, 4.69) is 6.07 Å². The number of piperidine rings is 1. The number of ether oxygens (including phenoxy) is 1. The maximum Gasteiger partial charge on any atom is 0.410 e. The minimum Gasteiger partial charge on any atom is -0.444 e. The second-order valence-electron chi connectivity index (χ2n) is 8.65. The zero-order chi connectivity index (χ0) is 20.3. The Bertz CT molecular complexity index is 774. The second kappa shape index (κ2) is 8.22. The van der Waals surface area contributed by atoms with Gasteiger partial charge in [0.05, 0.1) is 11.6 Å². The predicted octanol–water partition coefficient (Wildman–Crippen LogP) is 3.84. The summed E-state index contributed by atoms with van der Waals surface area (Å²) in [6.45, 7) is 6.45. The number of rotatable bonds is 4. The molecule has 150 valence electrons. The summed E-state index contributed by atoms with van der Waals surface area (Å²) in [4.78, 5) is 29.6. The molecule has 0 radical (unpaired) electrons. The molecule has 1 saturated carbocycles. The molecule has 2 amide bonds. The van der Waals surface area contributed by atoms with Gasteiger partial charge >= 0.3 is 6.09 Å². The molecule has 6 heteroatoms. The van der Waals surface area contributed by atoms with Gasteiger partial charge in [0.15, 0.2) is 0 Å². The number of nitriles is 1. The van der Waals surface area contributed by atoms with E-state index in [0.29, 0.717) is 25.1 Å². The number of hydrogen-bond acceptors (Lipinski definition) is 4. The van der Waals surface area contributed by atoms with Crippen LogP contribution in [0.25, 0.3) is 0 Å². The molecule has 0 spiro atoms. The summed E-state index contributed by atoms with van der Waals surface area (Å²) in [6.07, 6.45) is 3.98. The Morgan fingerprint density at radius 2 is 1.93 bits per heavy atom. The Hall–Kier alpha value is -2.55. The maximum absolute atomic E-state index is 13.5. The molecular formula is C22H29N3O3. The Labute approximate surface area is 167 Å². The first kappa shape index (κ1) is 20.2. The van der Waals surface area contributed by atoms with Gasteiger partial charge in [-0.05, 0) is 64.5 Å². The highest BCUT2D eigenvalue weighted by atomic mass is 16.6. The lowest BCUT2D eigenvalue weighted by atomic mass is 10.0. The van der Waals surface area contributed by atoms with Crippen LogP contribution in [0, 0.1) is 11.3 Å². The molecule has 1 saturated heterocycles. The molecular weight excluding hydrogens is 354 g/mol. The third kappa shape index (κ3) is 4.83. The smallest absolute Gasteiger partial charge is 0.410 e. The van der Waals surface area contributed by atoms with Gasteiger partial charge in [0.2, 0.25) is 5.91 Å². The Morgan fingerprint density at radius 1 is 1.21 bits per heavy atom. The molecule has 2 fully saturated rings. The fourth-order valence-corrected chi connectivity index (χ4v) is 3.64. The van der Waals surface area contributed by atoms with E-state index in [4.69, 9.17) is 4.74 Å². The summed E-state index contributed by atoms with van der Waals surface area (Å²) < 4.78 is 5.54. The molecule has 6 nitrogen and oxygen atoms in total. The highest BCUT2D eigenvalue weighted by molar-refractivity contribution is 5.86. The van der Waals surface area contributed by atoms with Crippen LogP contribution in [0.1, 0.15) is 64.0 Å². The quantitative estimate of drug-likeness (QED) is 0.792. The molecule has 1 aliphatic carbocycles. The first-order chi connectivity index (χ1) is 13.3. The molecule has 0 aromatic heterocycles. The number of hydrogen-bond donors (Lipinski definition) is 0. The van der Waals surface area contributed by atoms with Crippen molar-refractivity contribution in [1.29, 1.82) is 5.26 Å². The average Bonchev–Trinajstić information content (AvgIpc) is 3.49. The standard InChI is InChI=1S/C22H29N3O3/c1-22(2,3)28-21(27)24-13-7-6-10-19(24)20(26)25(18-11-12-18)15-17-9-5-4-8-16(17)14-23/h4-5,8-9,18-19H,6-7,10-13,15H2,1-3H3/t19-/m0/s1. The van der Waals surface area contributed by atoms with E-state index in [1.165, 1.54) is 0 Å². The van der Waals surface area contributed by atoms with Crippen LogP contribution in [0.2, 0.25) is 0 Å². The van der Waals surface area contributed by atoms with Gasteiger partial charge < -0.3 is 9.64 Å². The minimum atomic E-state index is -0.593. The fraction of sp³-hybridized carbons (Fsp3) is 0.591. The number of nitrogens with zero attached hydrogens (tertiary/aromatic N) is 3. The Balaban J connectivity index is 1.79. The van der Waals surface area contributed by atoms with Crippen molar-refractivity contribution in [3.63, 3.8) is 0 Å². The van der Waals surface area contributed by atoms with Gasteiger partial charge in [-0.15, -0.1) is 0 Å². The van der Waals surface area contributed by atoms with Crippen LogP contribution in [0.15, 0.2) is 24.3 Å². The summed E-state index contributed by atoms with van der Waals surface area (Å²) in [6, 6.07) is 9.31. The van der Waals surface area contributed by atoms with Gasteiger partial charge in [-0.3, -0.25) is 9.69 Å². The van der Waals surface area contributed by atoms with Crippen molar-refractivity contribution in [1.82, 2.24) is 9.80 Å². The number of amides is 2. The molecule has 1 aromatic rings. The minimum absolute atomic E-state index is 0.0270. The summed E-state index contributed by atoms with van der Waals surface area (Å²) in [5, 5.41) is 9.37. The second-order valence-corrected chi connectivity index (χ2v) is 8.65. The van der Waals surface area contributed by atoms with Crippen molar-refractivity contribution < 1.29 is 14.3 Å². The monoisotopic (exact) mass is 383 g/mol. The first-order valence-corrected chi connectivity index (χ1v) is 10.1. The number of carbonyl (C=O) groups is 2. The van der Waals surface area contributed by atoms with E-state index in [1.54, 1.807) is 11.0 Å². The van der Waals surface area contributed by atoms with Crippen LogP contribution in [0.5, 0.6) is 0 Å². The van der Waals surface area contributed by atoms with E-state index in [1.807, 2.05) is 43.9 Å². The van der Waals surface area contributed by atoms with Gasteiger partial charge in [-0.25, -0.2) is 4.79 Å². The van der Waals surface area contributed by atoms with Gasteiger partial charge in [0.1, 0.15) is 11.6 Å². The zero-order valence-electron chi connectivity index (χ0n) is 17.0. The molecule has 1 heterocycles. The van der Waals surface area contributed by atoms with Crippen LogP contribution in [0.4, 0.5) is 4.79 Å². The maximum atomic E-state index is 13.5. The van der Waals surface area contributed by atoms with Crippen LogP contribution >= 0.6 is 0 Å². The summed E-state index contributed by atoms with van der Waals surface area (Å²) in [5.41, 5.74) is 0.850. The predicted molar refractivity (Wildman–Crippen MR) is 105 cm³/mol. The van der Waals surface area contributed by atoms with Crippen molar-refractivity contribution in [3.05, 3.63) is 35.4 Å². The van der Waals surface area contributed by atoms with Crippen LogP contribution in [-0.4, -0.2) is 46.0 Å². The Morgan fingerprint density at radius 3 is 2.57 bits per heavy atom. The van der Waals surface area contributed by atoms with E-state index >= 15 is 0 Å². The Kier molecular flexibility index (Phi) is 5.93. The largest absolute Gasteiger partial charge is 0.444 e. The van der Waals surface area contributed by atoms with Gasteiger partial charge in [-0.2, -0.15) is 5.26 Å². The molecule has 28 heavy (non-hydrogen) atoms. The zero-order valence-corrected chi connectivity index (χ0v) is 17.0. The van der Waals surface area contributed by atoms with Crippen molar-refractivity contribution >= 4 is 12.0 Å². The first-order valence-electron chi connectivity index (χ1n) is 10.1. The normalized spacial score (nSPS) is 19.6. The fourth-order valence-electron chi connectivity index (χ4n) is 3.64. The lowest BCUT2D eigenvalue weighted by molar-refractivity contribution is -0.139. The summed E-state index contributed by atoms with van der Waals surface area (Å²) >= 11 is 0. The summed E-state index contributed by atoms with van der Waals surface area (Å²) in [7, 11) is 0. The van der Waals surface area contributed by atoms with Gasteiger partial charge in [0.25, 0.3) is 0 Å². The van der Waals surface area contributed by atoms with Gasteiger partial charge in [-0.1, -0.05) is 18.2 Å². The molecule has 0 N–H and O–H groups in total. The van der Waals surface area contributed by atoms with Crippen molar-refractivity contribution in [2.75, 3.05) is 6.54 Å². The molecule has 3 rings (SSSR count). The number of likely N-dealkylation sites (tertiary alicyclic amines) is 1. The third-order valence-corrected chi connectivity index (χ3v) is 5.17. The van der Waals surface area contributed by atoms with Crippen LogP contribution in [-0.2, 0) is 16.1 Å². The molecule has 0 unspecified atom stereocenters. The van der Waals surface area contributed by atoms with E-state index in [0.717, 1.165) is 31.2 Å². The third-order valence-electron chi connectivity index (χ3n) is 5.17. The topological polar surface area (TPSA) is 73.6 Å². The lowest BCUT2D eigenvalue weighted by Gasteiger charge is -2.38. The SMILES string of the molecule is CC(C)(C)OC(=O)N1CCCC[C@H]1C(=O)N(Cc1ccccc1C#N)C1CC1. The molecule has 2 aliphatic rings. The molecule has 1 aliphatic heterocycles. The van der Waals surface area contributed by atoms with Crippen molar-refractivity contribution in [3.8, 4) is 6.07 Å². The highest BCUT2D eigenvalue weighted by Crippen LogP contribution is 2.32. The van der Waals surface area contributed by atoms with E-state index in [9.17, 15) is 14.9 Å². The lowest BCUT2D eigenvalue weighted by Crippen LogP contribution is -2.54. The van der Waals surface area contributed by atoms with Crippen molar-refractivity contribution in [2.24, 2.45) is 0 Å². The van der Waals surface area contributed by atoms with Crippen LogP contribution < -0.4 is 0 Å².